The zero-order chi connectivity index (χ0) is 10.8. The first-order chi connectivity index (χ1) is 6.70. The molecular formula is C12H20O2. The Morgan fingerprint density at radius 3 is 2.71 bits per heavy atom. The lowest BCUT2D eigenvalue weighted by Crippen LogP contribution is -2.05. The molecule has 0 aromatic heterocycles. The second-order valence-electron chi connectivity index (χ2n) is 3.35. The standard InChI is InChI=1S/C12H20O2/c1-4-6-7-8-12(13)14-10-9-11(3)5-2/h4,6-8,11H,5,9-10H2,1-3H3/b6-4+,8-7+. The van der Waals surface area contributed by atoms with Crippen molar-refractivity contribution in [2.24, 2.45) is 5.92 Å². The van der Waals surface area contributed by atoms with Gasteiger partial charge < -0.3 is 4.74 Å². The summed E-state index contributed by atoms with van der Waals surface area (Å²) in [5.74, 6) is 0.369. The molecule has 2 nitrogen and oxygen atoms in total. The molecule has 1 atom stereocenters. The van der Waals surface area contributed by atoms with E-state index in [2.05, 4.69) is 13.8 Å². The van der Waals surface area contributed by atoms with Crippen LogP contribution in [-0.4, -0.2) is 12.6 Å². The molecule has 0 saturated carbocycles. The summed E-state index contributed by atoms with van der Waals surface area (Å²) in [4.78, 5) is 11.0. The maximum atomic E-state index is 11.0. The van der Waals surface area contributed by atoms with Crippen LogP contribution in [0.15, 0.2) is 24.3 Å². The normalized spacial score (nSPS) is 13.6. The van der Waals surface area contributed by atoms with Gasteiger partial charge in [0, 0.05) is 6.08 Å². The minimum absolute atomic E-state index is 0.258. The van der Waals surface area contributed by atoms with E-state index in [9.17, 15) is 4.79 Å². The fraction of sp³-hybridized carbons (Fsp3) is 0.583. The summed E-state index contributed by atoms with van der Waals surface area (Å²) in [6, 6.07) is 0. The van der Waals surface area contributed by atoms with Crippen molar-refractivity contribution in [1.29, 1.82) is 0 Å². The van der Waals surface area contributed by atoms with Crippen LogP contribution in [0.1, 0.15) is 33.6 Å². The molecule has 80 valence electrons. The van der Waals surface area contributed by atoms with Crippen molar-refractivity contribution in [3.8, 4) is 0 Å². The molecule has 0 aromatic carbocycles. The Kier molecular flexibility index (Phi) is 7.90. The summed E-state index contributed by atoms with van der Waals surface area (Å²) in [5, 5.41) is 0. The van der Waals surface area contributed by atoms with E-state index in [1.807, 2.05) is 13.0 Å². The molecule has 0 amide bonds. The molecule has 0 N–H and O–H groups in total. The molecule has 0 spiro atoms. The lowest BCUT2D eigenvalue weighted by atomic mass is 10.1. The van der Waals surface area contributed by atoms with Gasteiger partial charge in [0.05, 0.1) is 6.61 Å². The minimum atomic E-state index is -0.258. The average molecular weight is 196 g/mol. The Hall–Kier alpha value is -1.05. The van der Waals surface area contributed by atoms with Gasteiger partial charge in [0.15, 0.2) is 0 Å². The Morgan fingerprint density at radius 2 is 2.14 bits per heavy atom. The molecule has 0 bridgehead atoms. The largest absolute Gasteiger partial charge is 0.463 e. The van der Waals surface area contributed by atoms with Gasteiger partial charge in [-0.3, -0.25) is 0 Å². The average Bonchev–Trinajstić information content (AvgIpc) is 2.18. The number of ether oxygens (including phenoxy) is 1. The summed E-state index contributed by atoms with van der Waals surface area (Å²) >= 11 is 0. The highest BCUT2D eigenvalue weighted by molar-refractivity contribution is 5.82. The number of carbonyl (C=O) groups is 1. The van der Waals surface area contributed by atoms with Crippen LogP contribution in [-0.2, 0) is 9.53 Å². The van der Waals surface area contributed by atoms with Crippen LogP contribution < -0.4 is 0 Å². The van der Waals surface area contributed by atoms with Gasteiger partial charge in [-0.2, -0.15) is 0 Å². The highest BCUT2D eigenvalue weighted by Crippen LogP contribution is 2.05. The fourth-order valence-electron chi connectivity index (χ4n) is 0.858. The Bertz CT molecular complexity index is 204. The van der Waals surface area contributed by atoms with Crippen LogP contribution in [0.2, 0.25) is 0 Å². The van der Waals surface area contributed by atoms with E-state index in [4.69, 9.17) is 4.74 Å². The molecule has 1 unspecified atom stereocenters. The number of carbonyl (C=O) groups excluding carboxylic acids is 1. The second-order valence-corrected chi connectivity index (χ2v) is 3.35. The van der Waals surface area contributed by atoms with Crippen LogP contribution in [0, 0.1) is 5.92 Å². The molecular weight excluding hydrogens is 176 g/mol. The maximum absolute atomic E-state index is 11.0. The molecule has 0 aliphatic rings. The number of hydrogen-bond donors (Lipinski definition) is 0. The molecule has 0 aliphatic carbocycles. The van der Waals surface area contributed by atoms with E-state index in [-0.39, 0.29) is 5.97 Å². The SMILES string of the molecule is C/C=C/C=C/C(=O)OCCC(C)CC. The monoisotopic (exact) mass is 196 g/mol. The summed E-state index contributed by atoms with van der Waals surface area (Å²) in [7, 11) is 0. The zero-order valence-corrected chi connectivity index (χ0v) is 9.32. The molecule has 0 aliphatic heterocycles. The molecule has 0 rings (SSSR count). The molecule has 0 heterocycles. The highest BCUT2D eigenvalue weighted by atomic mass is 16.5. The summed E-state index contributed by atoms with van der Waals surface area (Å²) in [5.41, 5.74) is 0. The van der Waals surface area contributed by atoms with E-state index in [1.165, 1.54) is 6.08 Å². The van der Waals surface area contributed by atoms with Gasteiger partial charge >= 0.3 is 5.97 Å². The van der Waals surface area contributed by atoms with Crippen molar-refractivity contribution in [2.75, 3.05) is 6.61 Å². The minimum Gasteiger partial charge on any atom is -0.463 e. The van der Waals surface area contributed by atoms with Crippen LogP contribution in [0.4, 0.5) is 0 Å². The van der Waals surface area contributed by atoms with Gasteiger partial charge in [-0.1, -0.05) is 38.5 Å². The number of allylic oxidation sites excluding steroid dienone is 3. The first kappa shape index (κ1) is 12.9. The summed E-state index contributed by atoms with van der Waals surface area (Å²) in [6.07, 6.45) is 8.87. The van der Waals surface area contributed by atoms with E-state index in [1.54, 1.807) is 12.2 Å². The third kappa shape index (κ3) is 7.59. The molecule has 14 heavy (non-hydrogen) atoms. The molecule has 0 radical (unpaired) electrons. The van der Waals surface area contributed by atoms with Crippen molar-refractivity contribution in [3.05, 3.63) is 24.3 Å². The van der Waals surface area contributed by atoms with E-state index >= 15 is 0 Å². The Balaban J connectivity index is 3.54. The molecule has 0 saturated heterocycles. The van der Waals surface area contributed by atoms with Gasteiger partial charge in [0.2, 0.25) is 0 Å². The van der Waals surface area contributed by atoms with Gasteiger partial charge in [-0.25, -0.2) is 4.79 Å². The van der Waals surface area contributed by atoms with Gasteiger partial charge in [-0.05, 0) is 19.3 Å². The lowest BCUT2D eigenvalue weighted by molar-refractivity contribution is -0.138. The molecule has 0 aromatic rings. The lowest BCUT2D eigenvalue weighted by Gasteiger charge is -2.07. The predicted octanol–water partition coefficient (Wildman–Crippen LogP) is 3.10. The van der Waals surface area contributed by atoms with Crippen molar-refractivity contribution in [2.45, 2.75) is 33.6 Å². The van der Waals surface area contributed by atoms with E-state index in [0.29, 0.717) is 12.5 Å². The smallest absolute Gasteiger partial charge is 0.330 e. The molecule has 2 heteroatoms. The van der Waals surface area contributed by atoms with Crippen LogP contribution >= 0.6 is 0 Å². The van der Waals surface area contributed by atoms with E-state index in [0.717, 1.165) is 12.8 Å². The van der Waals surface area contributed by atoms with Crippen LogP contribution in [0.5, 0.6) is 0 Å². The number of esters is 1. The fourth-order valence-corrected chi connectivity index (χ4v) is 0.858. The third-order valence-electron chi connectivity index (χ3n) is 2.09. The third-order valence-corrected chi connectivity index (χ3v) is 2.09. The zero-order valence-electron chi connectivity index (χ0n) is 9.32. The van der Waals surface area contributed by atoms with Gasteiger partial charge in [-0.15, -0.1) is 0 Å². The Morgan fingerprint density at radius 1 is 1.43 bits per heavy atom. The van der Waals surface area contributed by atoms with Crippen molar-refractivity contribution in [1.82, 2.24) is 0 Å². The van der Waals surface area contributed by atoms with Crippen molar-refractivity contribution < 1.29 is 9.53 Å². The van der Waals surface area contributed by atoms with E-state index < -0.39 is 0 Å². The first-order valence-electron chi connectivity index (χ1n) is 5.16. The van der Waals surface area contributed by atoms with Crippen LogP contribution in [0.3, 0.4) is 0 Å². The summed E-state index contributed by atoms with van der Waals surface area (Å²) in [6.45, 7) is 6.72. The molecule has 0 fully saturated rings. The highest BCUT2D eigenvalue weighted by Gasteiger charge is 2.00. The maximum Gasteiger partial charge on any atom is 0.330 e. The topological polar surface area (TPSA) is 26.3 Å². The van der Waals surface area contributed by atoms with Crippen molar-refractivity contribution in [3.63, 3.8) is 0 Å². The quantitative estimate of drug-likeness (QED) is 0.370. The van der Waals surface area contributed by atoms with Gasteiger partial charge in [0.1, 0.15) is 0 Å². The van der Waals surface area contributed by atoms with Crippen molar-refractivity contribution >= 4 is 5.97 Å². The second kappa shape index (κ2) is 8.54. The Labute approximate surface area is 86.6 Å². The predicted molar refractivity (Wildman–Crippen MR) is 59.0 cm³/mol. The van der Waals surface area contributed by atoms with Crippen LogP contribution in [0.25, 0.3) is 0 Å². The summed E-state index contributed by atoms with van der Waals surface area (Å²) < 4.78 is 5.00. The number of hydrogen-bond acceptors (Lipinski definition) is 2. The van der Waals surface area contributed by atoms with Gasteiger partial charge in [0.25, 0.3) is 0 Å². The first-order valence-corrected chi connectivity index (χ1v) is 5.16. The number of rotatable bonds is 6.